The van der Waals surface area contributed by atoms with E-state index < -0.39 is 0 Å². The smallest absolute Gasteiger partial charge is 0.262 e. The lowest BCUT2D eigenvalue weighted by Gasteiger charge is -1.95. The van der Waals surface area contributed by atoms with E-state index in [1.165, 1.54) is 11.3 Å². The van der Waals surface area contributed by atoms with Crippen LogP contribution in [0.5, 0.6) is 0 Å². The standard InChI is InChI=1S/C8H9N3OS/c1-2-9-7(12)6-5-11-4-3-10-8(11)13-6/h3-5H,2H2,1H3,(H,9,12). The molecule has 1 amide bonds. The van der Waals surface area contributed by atoms with Crippen molar-refractivity contribution in [2.45, 2.75) is 6.92 Å². The predicted octanol–water partition coefficient (Wildman–Crippen LogP) is 1.15. The Morgan fingerprint density at radius 1 is 1.77 bits per heavy atom. The Morgan fingerprint density at radius 2 is 2.62 bits per heavy atom. The maximum absolute atomic E-state index is 11.4. The van der Waals surface area contributed by atoms with Crippen molar-refractivity contribution in [3.63, 3.8) is 0 Å². The predicted molar refractivity (Wildman–Crippen MR) is 51.1 cm³/mol. The second-order valence-electron chi connectivity index (χ2n) is 2.57. The molecule has 0 fully saturated rings. The van der Waals surface area contributed by atoms with Crippen LogP contribution >= 0.6 is 11.3 Å². The topological polar surface area (TPSA) is 46.4 Å². The molecule has 2 heterocycles. The molecule has 0 bridgehead atoms. The number of nitrogens with one attached hydrogen (secondary N) is 1. The maximum Gasteiger partial charge on any atom is 0.262 e. The fourth-order valence-electron chi connectivity index (χ4n) is 1.08. The quantitative estimate of drug-likeness (QED) is 0.781. The molecule has 0 aliphatic rings. The van der Waals surface area contributed by atoms with Crippen LogP contribution in [0.1, 0.15) is 16.6 Å². The molecule has 2 aromatic rings. The number of nitrogens with zero attached hydrogens (tertiary/aromatic N) is 2. The van der Waals surface area contributed by atoms with Crippen LogP contribution in [0.2, 0.25) is 0 Å². The molecule has 0 spiro atoms. The monoisotopic (exact) mass is 195 g/mol. The Labute approximate surface area is 79.2 Å². The van der Waals surface area contributed by atoms with Crippen LogP contribution in [0.15, 0.2) is 18.6 Å². The number of hydrogen-bond acceptors (Lipinski definition) is 3. The number of thiazole rings is 1. The number of rotatable bonds is 2. The zero-order valence-electron chi connectivity index (χ0n) is 7.15. The van der Waals surface area contributed by atoms with E-state index in [-0.39, 0.29) is 5.91 Å². The van der Waals surface area contributed by atoms with Crippen molar-refractivity contribution >= 4 is 22.2 Å². The van der Waals surface area contributed by atoms with E-state index >= 15 is 0 Å². The first-order chi connectivity index (χ1) is 6.31. The van der Waals surface area contributed by atoms with Gasteiger partial charge in [0, 0.05) is 25.1 Å². The van der Waals surface area contributed by atoms with E-state index in [2.05, 4.69) is 10.3 Å². The molecule has 0 aromatic carbocycles. The lowest BCUT2D eigenvalue weighted by molar-refractivity contribution is 0.0959. The highest BCUT2D eigenvalue weighted by Crippen LogP contribution is 2.15. The van der Waals surface area contributed by atoms with E-state index in [1.807, 2.05) is 17.5 Å². The molecule has 0 saturated carbocycles. The van der Waals surface area contributed by atoms with Crippen LogP contribution in [0.3, 0.4) is 0 Å². The second kappa shape index (κ2) is 3.18. The second-order valence-corrected chi connectivity index (χ2v) is 3.58. The summed E-state index contributed by atoms with van der Waals surface area (Å²) in [5.74, 6) is -0.0296. The number of carbonyl (C=O) groups excluding carboxylic acids is 1. The largest absolute Gasteiger partial charge is 0.352 e. The third-order valence-corrected chi connectivity index (χ3v) is 2.66. The minimum Gasteiger partial charge on any atom is -0.352 e. The molecule has 0 unspecified atom stereocenters. The average molecular weight is 195 g/mol. The molecule has 68 valence electrons. The van der Waals surface area contributed by atoms with Gasteiger partial charge in [0.15, 0.2) is 4.96 Å². The molecule has 0 saturated heterocycles. The lowest BCUT2D eigenvalue weighted by Crippen LogP contribution is -2.21. The van der Waals surface area contributed by atoms with Gasteiger partial charge in [-0.3, -0.25) is 9.20 Å². The zero-order chi connectivity index (χ0) is 9.26. The van der Waals surface area contributed by atoms with Crippen LogP contribution in [0.4, 0.5) is 0 Å². The Kier molecular flexibility index (Phi) is 2.02. The van der Waals surface area contributed by atoms with Gasteiger partial charge in [0.1, 0.15) is 4.88 Å². The summed E-state index contributed by atoms with van der Waals surface area (Å²) in [5, 5.41) is 2.74. The summed E-state index contributed by atoms with van der Waals surface area (Å²) in [6.45, 7) is 2.55. The fourth-order valence-corrected chi connectivity index (χ4v) is 1.94. The van der Waals surface area contributed by atoms with Crippen molar-refractivity contribution in [1.82, 2.24) is 14.7 Å². The Bertz CT molecular complexity index is 403. The van der Waals surface area contributed by atoms with Crippen molar-refractivity contribution in [3.8, 4) is 0 Å². The normalized spacial score (nSPS) is 10.5. The summed E-state index contributed by atoms with van der Waals surface area (Å²) in [6.07, 6.45) is 5.33. The fraction of sp³-hybridized carbons (Fsp3) is 0.250. The average Bonchev–Trinajstić information content (AvgIpc) is 2.61. The van der Waals surface area contributed by atoms with E-state index in [0.717, 1.165) is 4.96 Å². The third-order valence-electron chi connectivity index (χ3n) is 1.65. The van der Waals surface area contributed by atoms with Crippen molar-refractivity contribution in [2.75, 3.05) is 6.54 Å². The van der Waals surface area contributed by atoms with Crippen LogP contribution in [-0.4, -0.2) is 21.8 Å². The van der Waals surface area contributed by atoms with Gasteiger partial charge in [0.2, 0.25) is 0 Å². The summed E-state index contributed by atoms with van der Waals surface area (Å²) >= 11 is 1.39. The zero-order valence-corrected chi connectivity index (χ0v) is 7.97. The molecule has 4 nitrogen and oxygen atoms in total. The molecule has 2 rings (SSSR count). The molecular weight excluding hydrogens is 186 g/mol. The highest BCUT2D eigenvalue weighted by atomic mass is 32.1. The van der Waals surface area contributed by atoms with E-state index in [1.54, 1.807) is 12.4 Å². The van der Waals surface area contributed by atoms with Crippen molar-refractivity contribution in [2.24, 2.45) is 0 Å². The molecular formula is C8H9N3OS. The van der Waals surface area contributed by atoms with Crippen LogP contribution in [0, 0.1) is 0 Å². The summed E-state index contributed by atoms with van der Waals surface area (Å²) in [5.41, 5.74) is 0. The summed E-state index contributed by atoms with van der Waals surface area (Å²) in [7, 11) is 0. The Balaban J connectivity index is 2.34. The summed E-state index contributed by atoms with van der Waals surface area (Å²) < 4.78 is 1.84. The van der Waals surface area contributed by atoms with Gasteiger partial charge in [-0.25, -0.2) is 4.98 Å². The van der Waals surface area contributed by atoms with E-state index in [4.69, 9.17) is 0 Å². The first-order valence-corrected chi connectivity index (χ1v) is 4.83. The van der Waals surface area contributed by atoms with E-state index in [9.17, 15) is 4.79 Å². The van der Waals surface area contributed by atoms with Crippen molar-refractivity contribution in [1.29, 1.82) is 0 Å². The van der Waals surface area contributed by atoms with Gasteiger partial charge in [-0.2, -0.15) is 0 Å². The summed E-state index contributed by atoms with van der Waals surface area (Å²) in [4.78, 5) is 17.0. The first-order valence-electron chi connectivity index (χ1n) is 4.02. The van der Waals surface area contributed by atoms with Gasteiger partial charge in [0.25, 0.3) is 5.91 Å². The third kappa shape index (κ3) is 1.42. The molecule has 0 aliphatic carbocycles. The number of hydrogen-bond donors (Lipinski definition) is 1. The van der Waals surface area contributed by atoms with Gasteiger partial charge < -0.3 is 5.32 Å². The summed E-state index contributed by atoms with van der Waals surface area (Å²) in [6, 6.07) is 0. The Hall–Kier alpha value is -1.36. The first kappa shape index (κ1) is 8.25. The van der Waals surface area contributed by atoms with Crippen LogP contribution in [-0.2, 0) is 0 Å². The van der Waals surface area contributed by atoms with Crippen molar-refractivity contribution < 1.29 is 4.79 Å². The van der Waals surface area contributed by atoms with Crippen LogP contribution < -0.4 is 5.32 Å². The molecule has 0 aliphatic heterocycles. The molecule has 5 heteroatoms. The Morgan fingerprint density at radius 3 is 3.31 bits per heavy atom. The molecule has 1 N–H and O–H groups in total. The van der Waals surface area contributed by atoms with E-state index in [0.29, 0.717) is 11.4 Å². The molecule has 0 atom stereocenters. The van der Waals surface area contributed by atoms with Crippen molar-refractivity contribution in [3.05, 3.63) is 23.5 Å². The molecule has 13 heavy (non-hydrogen) atoms. The van der Waals surface area contributed by atoms with Gasteiger partial charge in [0.05, 0.1) is 0 Å². The van der Waals surface area contributed by atoms with Gasteiger partial charge in [-0.05, 0) is 6.92 Å². The highest BCUT2D eigenvalue weighted by Gasteiger charge is 2.08. The molecule has 0 radical (unpaired) electrons. The highest BCUT2D eigenvalue weighted by molar-refractivity contribution is 7.18. The number of imidazole rings is 1. The number of aromatic nitrogens is 2. The number of amides is 1. The lowest BCUT2D eigenvalue weighted by atomic mass is 10.5. The van der Waals surface area contributed by atoms with Gasteiger partial charge >= 0.3 is 0 Å². The number of fused-ring (bicyclic) bond motifs is 1. The minimum absolute atomic E-state index is 0.0296. The molecule has 2 aromatic heterocycles. The number of carbonyl (C=O) groups is 1. The SMILES string of the molecule is CCNC(=O)c1cn2ccnc2s1. The minimum atomic E-state index is -0.0296. The van der Waals surface area contributed by atoms with Gasteiger partial charge in [-0.15, -0.1) is 0 Å². The van der Waals surface area contributed by atoms with Crippen LogP contribution in [0.25, 0.3) is 4.96 Å². The maximum atomic E-state index is 11.4. The van der Waals surface area contributed by atoms with Gasteiger partial charge in [-0.1, -0.05) is 11.3 Å².